The number of rotatable bonds is 2. The summed E-state index contributed by atoms with van der Waals surface area (Å²) in [7, 11) is -3.40. The number of sulfone groups is 1. The van der Waals surface area contributed by atoms with Crippen LogP contribution < -0.4 is 0 Å². The maximum Gasteiger partial charge on any atom is 0.282 e. The normalized spacial score (nSPS) is 19.7. The van der Waals surface area contributed by atoms with Gasteiger partial charge in [-0.25, -0.2) is 13.4 Å². The van der Waals surface area contributed by atoms with Crippen molar-refractivity contribution in [1.29, 1.82) is 0 Å². The number of thiazole rings is 1. The summed E-state index contributed by atoms with van der Waals surface area (Å²) in [5, 5.41) is 0.140. The van der Waals surface area contributed by atoms with Gasteiger partial charge in [0.05, 0.1) is 21.2 Å². The topological polar surface area (TPSA) is 67.3 Å². The lowest BCUT2D eigenvalue weighted by Gasteiger charge is -2.18. The van der Waals surface area contributed by atoms with Gasteiger partial charge in [0, 0.05) is 18.1 Å². The molecular formula is C19H17ClN2O3S2. The molecule has 0 N–H and O–H groups in total. The average Bonchev–Trinajstić information content (AvgIpc) is 3.02. The number of fused-ring (bicyclic) bond motifs is 1. The average molecular weight is 421 g/mol. The van der Waals surface area contributed by atoms with E-state index in [4.69, 9.17) is 11.6 Å². The largest absolute Gasteiger partial charge is 0.336 e. The van der Waals surface area contributed by atoms with Gasteiger partial charge in [0.1, 0.15) is 0 Å². The summed E-state index contributed by atoms with van der Waals surface area (Å²) in [4.78, 5) is 18.9. The van der Waals surface area contributed by atoms with E-state index < -0.39 is 15.1 Å². The number of hydrogen-bond acceptors (Lipinski definition) is 5. The standard InChI is InChI=1S/C19H17ClN2O3S2/c20-14-6-2-1-5-13(14)17-9-10-22(11-12-27(17,24)25)19(23)18-21-15-7-3-4-8-16(15)26-18/h1-8,17H,9-12H2/t17-/m0/s1. The van der Waals surface area contributed by atoms with Crippen molar-refractivity contribution in [2.75, 3.05) is 18.8 Å². The Morgan fingerprint density at radius 3 is 2.63 bits per heavy atom. The highest BCUT2D eigenvalue weighted by molar-refractivity contribution is 7.91. The molecule has 1 fully saturated rings. The van der Waals surface area contributed by atoms with Gasteiger partial charge in [-0.2, -0.15) is 0 Å². The quantitative estimate of drug-likeness (QED) is 0.629. The first-order valence-corrected chi connectivity index (χ1v) is 11.5. The van der Waals surface area contributed by atoms with Crippen LogP contribution in [-0.2, 0) is 9.84 Å². The number of halogens is 1. The molecular weight excluding hydrogens is 404 g/mol. The summed E-state index contributed by atoms with van der Waals surface area (Å²) in [6.07, 6.45) is 0.322. The smallest absolute Gasteiger partial charge is 0.282 e. The van der Waals surface area contributed by atoms with Gasteiger partial charge in [-0.15, -0.1) is 11.3 Å². The van der Waals surface area contributed by atoms with Gasteiger partial charge in [0.2, 0.25) is 0 Å². The van der Waals surface area contributed by atoms with Gasteiger partial charge >= 0.3 is 0 Å². The zero-order valence-electron chi connectivity index (χ0n) is 14.3. The van der Waals surface area contributed by atoms with Gasteiger partial charge in [-0.1, -0.05) is 41.9 Å². The van der Waals surface area contributed by atoms with Gasteiger partial charge < -0.3 is 4.90 Å². The first-order chi connectivity index (χ1) is 13.0. The summed E-state index contributed by atoms with van der Waals surface area (Å²) in [6, 6.07) is 14.6. The van der Waals surface area contributed by atoms with Crippen LogP contribution in [0.15, 0.2) is 48.5 Å². The third-order valence-corrected chi connectivity index (χ3v) is 8.23. The van der Waals surface area contributed by atoms with E-state index in [1.54, 1.807) is 29.2 Å². The highest BCUT2D eigenvalue weighted by atomic mass is 35.5. The van der Waals surface area contributed by atoms with Crippen molar-refractivity contribution in [3.05, 3.63) is 64.1 Å². The summed E-state index contributed by atoms with van der Waals surface area (Å²) in [5.41, 5.74) is 1.38. The van der Waals surface area contributed by atoms with Crippen LogP contribution in [0.25, 0.3) is 10.2 Å². The van der Waals surface area contributed by atoms with Crippen LogP contribution in [0.1, 0.15) is 27.0 Å². The Morgan fingerprint density at radius 1 is 1.11 bits per heavy atom. The number of carbonyl (C=O) groups is 1. The zero-order valence-corrected chi connectivity index (χ0v) is 16.7. The molecule has 3 aromatic rings. The van der Waals surface area contributed by atoms with E-state index in [-0.39, 0.29) is 18.2 Å². The maximum absolute atomic E-state index is 12.9. The number of amides is 1. The van der Waals surface area contributed by atoms with Gasteiger partial charge in [-0.05, 0) is 30.2 Å². The maximum atomic E-state index is 12.9. The molecule has 4 rings (SSSR count). The lowest BCUT2D eigenvalue weighted by atomic mass is 10.1. The molecule has 0 spiro atoms. The molecule has 1 amide bonds. The number of hydrogen-bond donors (Lipinski definition) is 0. The van der Waals surface area contributed by atoms with Crippen molar-refractivity contribution in [1.82, 2.24) is 9.88 Å². The fourth-order valence-electron chi connectivity index (χ4n) is 3.33. The fraction of sp³-hybridized carbons (Fsp3) is 0.263. The molecule has 1 aromatic heterocycles. The van der Waals surface area contributed by atoms with Gasteiger partial charge in [0.25, 0.3) is 5.91 Å². The third kappa shape index (κ3) is 3.59. The zero-order chi connectivity index (χ0) is 19.0. The highest BCUT2D eigenvalue weighted by Crippen LogP contribution is 2.34. The minimum atomic E-state index is -3.40. The second-order valence-electron chi connectivity index (χ2n) is 6.44. The monoisotopic (exact) mass is 420 g/mol. The predicted molar refractivity (Wildman–Crippen MR) is 108 cm³/mol. The molecule has 0 saturated carbocycles. The number of carbonyl (C=O) groups excluding carboxylic acids is 1. The Balaban J connectivity index is 1.60. The Kier molecular flexibility index (Phi) is 4.92. The van der Waals surface area contributed by atoms with Crippen molar-refractivity contribution in [2.45, 2.75) is 11.7 Å². The van der Waals surface area contributed by atoms with E-state index in [0.29, 0.717) is 28.6 Å². The molecule has 140 valence electrons. The van der Waals surface area contributed by atoms with Crippen LogP contribution in [0.3, 0.4) is 0 Å². The number of nitrogens with zero attached hydrogens (tertiary/aromatic N) is 2. The van der Waals surface area contributed by atoms with Crippen molar-refractivity contribution in [3.63, 3.8) is 0 Å². The first-order valence-electron chi connectivity index (χ1n) is 8.56. The molecule has 1 saturated heterocycles. The van der Waals surface area contributed by atoms with Crippen LogP contribution in [0.5, 0.6) is 0 Å². The Bertz CT molecular complexity index is 1080. The Labute approximate surface area is 166 Å². The SMILES string of the molecule is O=C(c1nc2ccccc2s1)N1CC[C@@H](c2ccccc2Cl)S(=O)(=O)CC1. The lowest BCUT2D eigenvalue weighted by molar-refractivity contribution is 0.0766. The van der Waals surface area contributed by atoms with Crippen LogP contribution in [-0.4, -0.2) is 43.1 Å². The highest BCUT2D eigenvalue weighted by Gasteiger charge is 2.34. The minimum Gasteiger partial charge on any atom is -0.336 e. The molecule has 8 heteroatoms. The van der Waals surface area contributed by atoms with Gasteiger partial charge in [-0.3, -0.25) is 4.79 Å². The van der Waals surface area contributed by atoms with E-state index >= 15 is 0 Å². The third-order valence-electron chi connectivity index (χ3n) is 4.76. The molecule has 2 aromatic carbocycles. The molecule has 0 aliphatic carbocycles. The van der Waals surface area contributed by atoms with Crippen LogP contribution in [0.4, 0.5) is 0 Å². The second kappa shape index (κ2) is 7.22. The summed E-state index contributed by atoms with van der Waals surface area (Å²) in [6.45, 7) is 0.516. The van der Waals surface area contributed by atoms with E-state index in [1.165, 1.54) is 11.3 Å². The van der Waals surface area contributed by atoms with Crippen LogP contribution >= 0.6 is 22.9 Å². The van der Waals surface area contributed by atoms with E-state index in [0.717, 1.165) is 10.2 Å². The molecule has 2 heterocycles. The number of para-hydroxylation sites is 1. The summed E-state index contributed by atoms with van der Waals surface area (Å²) < 4.78 is 26.5. The molecule has 1 atom stereocenters. The van der Waals surface area contributed by atoms with E-state index in [1.807, 2.05) is 24.3 Å². The van der Waals surface area contributed by atoms with Crippen LogP contribution in [0, 0.1) is 0 Å². The van der Waals surface area contributed by atoms with Crippen molar-refractivity contribution < 1.29 is 13.2 Å². The van der Waals surface area contributed by atoms with Crippen molar-refractivity contribution in [2.24, 2.45) is 0 Å². The molecule has 0 bridgehead atoms. The molecule has 5 nitrogen and oxygen atoms in total. The van der Waals surface area contributed by atoms with Crippen molar-refractivity contribution >= 4 is 48.9 Å². The first kappa shape index (κ1) is 18.4. The molecule has 0 unspecified atom stereocenters. The Hall–Kier alpha value is -1.96. The van der Waals surface area contributed by atoms with Crippen molar-refractivity contribution in [3.8, 4) is 0 Å². The predicted octanol–water partition coefficient (Wildman–Crippen LogP) is 3.95. The van der Waals surface area contributed by atoms with E-state index in [9.17, 15) is 13.2 Å². The molecule has 27 heavy (non-hydrogen) atoms. The minimum absolute atomic E-state index is 0.0838. The second-order valence-corrected chi connectivity index (χ2v) is 10.2. The molecule has 1 aliphatic heterocycles. The number of aromatic nitrogens is 1. The summed E-state index contributed by atoms with van der Waals surface area (Å²) in [5.74, 6) is -0.300. The van der Waals surface area contributed by atoms with Crippen LogP contribution in [0.2, 0.25) is 5.02 Å². The number of benzene rings is 2. The van der Waals surface area contributed by atoms with E-state index in [2.05, 4.69) is 4.98 Å². The summed E-state index contributed by atoms with van der Waals surface area (Å²) >= 11 is 7.56. The van der Waals surface area contributed by atoms with Gasteiger partial charge in [0.15, 0.2) is 14.8 Å². The molecule has 1 aliphatic rings. The fourth-order valence-corrected chi connectivity index (χ4v) is 6.41. The lowest BCUT2D eigenvalue weighted by Crippen LogP contribution is -2.33. The molecule has 0 radical (unpaired) electrons. The Morgan fingerprint density at radius 2 is 1.85 bits per heavy atom.